The Morgan fingerprint density at radius 2 is 2.12 bits per heavy atom. The van der Waals surface area contributed by atoms with Crippen molar-refractivity contribution in [2.75, 3.05) is 5.32 Å². The number of hydrogen-bond donors (Lipinski definition) is 2. The predicted octanol–water partition coefficient (Wildman–Crippen LogP) is 2.28. The van der Waals surface area contributed by atoms with Crippen molar-refractivity contribution in [2.24, 2.45) is 5.73 Å². The number of rotatable bonds is 5. The molecule has 1 amide bonds. The second-order valence-corrected chi connectivity index (χ2v) is 4.05. The minimum atomic E-state index is -0.906. The Hall–Kier alpha value is -1.58. The van der Waals surface area contributed by atoms with E-state index in [1.165, 1.54) is 6.07 Å². The van der Waals surface area contributed by atoms with Crippen molar-refractivity contribution in [2.45, 2.75) is 32.2 Å². The van der Waals surface area contributed by atoms with Crippen molar-refractivity contribution in [1.82, 2.24) is 0 Å². The van der Waals surface area contributed by atoms with Crippen molar-refractivity contribution in [3.8, 4) is 0 Å². The summed E-state index contributed by atoms with van der Waals surface area (Å²) in [6.45, 7) is 3.63. The minimum Gasteiger partial charge on any atom is -0.369 e. The van der Waals surface area contributed by atoms with E-state index in [4.69, 9.17) is 5.73 Å². The van der Waals surface area contributed by atoms with Gasteiger partial charge in [-0.15, -0.1) is 0 Å². The van der Waals surface area contributed by atoms with Crippen LogP contribution >= 0.6 is 0 Å². The lowest BCUT2D eigenvalue weighted by atomic mass is 9.95. The normalized spacial score (nSPS) is 14.2. The van der Waals surface area contributed by atoms with Crippen LogP contribution in [-0.4, -0.2) is 11.4 Å². The highest BCUT2D eigenvalue weighted by molar-refractivity contribution is 5.87. The number of amides is 1. The molecule has 1 atom stereocenters. The lowest BCUT2D eigenvalue weighted by Crippen LogP contribution is -2.47. The maximum Gasteiger partial charge on any atom is 0.242 e. The molecular formula is C12H17FN2O. The van der Waals surface area contributed by atoms with Gasteiger partial charge >= 0.3 is 0 Å². The van der Waals surface area contributed by atoms with Crippen LogP contribution in [0.15, 0.2) is 24.3 Å². The molecule has 16 heavy (non-hydrogen) atoms. The first-order valence-corrected chi connectivity index (χ1v) is 5.32. The lowest BCUT2D eigenvalue weighted by Gasteiger charge is -2.28. The highest BCUT2D eigenvalue weighted by Gasteiger charge is 2.30. The van der Waals surface area contributed by atoms with Crippen molar-refractivity contribution >= 4 is 11.6 Å². The molecule has 0 spiro atoms. The summed E-state index contributed by atoms with van der Waals surface area (Å²) in [7, 11) is 0. The van der Waals surface area contributed by atoms with Crippen LogP contribution in [0.5, 0.6) is 0 Å². The number of carbonyl (C=O) groups excluding carboxylic acids is 1. The minimum absolute atomic E-state index is 0.303. The summed E-state index contributed by atoms with van der Waals surface area (Å²) in [6.07, 6.45) is 1.36. The van der Waals surface area contributed by atoms with E-state index in [-0.39, 0.29) is 5.82 Å². The third kappa shape index (κ3) is 2.72. The van der Waals surface area contributed by atoms with E-state index < -0.39 is 11.4 Å². The van der Waals surface area contributed by atoms with Gasteiger partial charge in [-0.25, -0.2) is 4.39 Å². The first kappa shape index (κ1) is 12.5. The molecule has 0 aliphatic carbocycles. The van der Waals surface area contributed by atoms with Crippen LogP contribution in [0.2, 0.25) is 0 Å². The highest BCUT2D eigenvalue weighted by Crippen LogP contribution is 2.22. The van der Waals surface area contributed by atoms with Gasteiger partial charge in [0.15, 0.2) is 0 Å². The molecule has 1 aromatic carbocycles. The van der Waals surface area contributed by atoms with E-state index in [0.29, 0.717) is 12.1 Å². The fraction of sp³-hybridized carbons (Fsp3) is 0.417. The number of benzene rings is 1. The number of hydrogen-bond acceptors (Lipinski definition) is 2. The second kappa shape index (κ2) is 4.96. The molecule has 0 saturated heterocycles. The highest BCUT2D eigenvalue weighted by atomic mass is 19.1. The molecule has 1 unspecified atom stereocenters. The molecular weight excluding hydrogens is 207 g/mol. The molecule has 4 heteroatoms. The average Bonchev–Trinajstić information content (AvgIpc) is 2.21. The summed E-state index contributed by atoms with van der Waals surface area (Å²) >= 11 is 0. The summed E-state index contributed by atoms with van der Waals surface area (Å²) in [5, 5.41) is 2.87. The molecule has 3 nitrogen and oxygen atoms in total. The topological polar surface area (TPSA) is 55.1 Å². The Balaban J connectivity index is 2.92. The number of nitrogens with two attached hydrogens (primary N) is 1. The Labute approximate surface area is 94.8 Å². The molecule has 1 rings (SSSR count). The zero-order chi connectivity index (χ0) is 12.2. The van der Waals surface area contributed by atoms with Crippen molar-refractivity contribution < 1.29 is 9.18 Å². The fourth-order valence-corrected chi connectivity index (χ4v) is 1.61. The smallest absolute Gasteiger partial charge is 0.242 e. The van der Waals surface area contributed by atoms with E-state index in [1.54, 1.807) is 25.1 Å². The molecule has 1 aromatic rings. The van der Waals surface area contributed by atoms with Crippen LogP contribution in [0, 0.1) is 5.82 Å². The molecule has 0 radical (unpaired) electrons. The van der Waals surface area contributed by atoms with Gasteiger partial charge in [-0.3, -0.25) is 4.79 Å². The zero-order valence-electron chi connectivity index (χ0n) is 9.59. The van der Waals surface area contributed by atoms with Gasteiger partial charge in [-0.2, -0.15) is 0 Å². The second-order valence-electron chi connectivity index (χ2n) is 4.05. The van der Waals surface area contributed by atoms with Gasteiger partial charge in [0.25, 0.3) is 0 Å². The van der Waals surface area contributed by atoms with Gasteiger partial charge in [0, 0.05) is 0 Å². The summed E-state index contributed by atoms with van der Waals surface area (Å²) in [4.78, 5) is 11.4. The quantitative estimate of drug-likeness (QED) is 0.806. The monoisotopic (exact) mass is 224 g/mol. The van der Waals surface area contributed by atoms with E-state index in [1.807, 2.05) is 6.92 Å². The largest absolute Gasteiger partial charge is 0.369 e. The molecule has 3 N–H and O–H groups in total. The van der Waals surface area contributed by atoms with Gasteiger partial charge in [0.2, 0.25) is 5.91 Å². The number of carbonyl (C=O) groups is 1. The molecule has 0 heterocycles. The van der Waals surface area contributed by atoms with Gasteiger partial charge in [-0.05, 0) is 25.5 Å². The SMILES string of the molecule is CCCC(C)(Nc1ccccc1F)C(N)=O. The third-order valence-corrected chi connectivity index (χ3v) is 2.58. The third-order valence-electron chi connectivity index (χ3n) is 2.58. The standard InChI is InChI=1S/C12H17FN2O/c1-3-8-12(2,11(14)16)15-10-7-5-4-6-9(10)13/h4-7,15H,3,8H2,1-2H3,(H2,14,16). The van der Waals surface area contributed by atoms with E-state index in [2.05, 4.69) is 5.32 Å². The van der Waals surface area contributed by atoms with Crippen LogP contribution in [0.1, 0.15) is 26.7 Å². The fourth-order valence-electron chi connectivity index (χ4n) is 1.61. The van der Waals surface area contributed by atoms with Crippen LogP contribution in [0.25, 0.3) is 0 Å². The van der Waals surface area contributed by atoms with Crippen molar-refractivity contribution in [3.63, 3.8) is 0 Å². The predicted molar refractivity (Wildman–Crippen MR) is 62.5 cm³/mol. The van der Waals surface area contributed by atoms with E-state index in [9.17, 15) is 9.18 Å². The zero-order valence-corrected chi connectivity index (χ0v) is 9.59. The van der Waals surface area contributed by atoms with Gasteiger partial charge in [0.1, 0.15) is 11.4 Å². The number of nitrogens with one attached hydrogen (secondary N) is 1. The Morgan fingerprint density at radius 3 is 2.62 bits per heavy atom. The van der Waals surface area contributed by atoms with Gasteiger partial charge < -0.3 is 11.1 Å². The van der Waals surface area contributed by atoms with Gasteiger partial charge in [0.05, 0.1) is 5.69 Å². The average molecular weight is 224 g/mol. The molecule has 0 aliphatic rings. The summed E-state index contributed by atoms with van der Waals surface area (Å²) in [5.41, 5.74) is 4.73. The van der Waals surface area contributed by atoms with Crippen molar-refractivity contribution in [3.05, 3.63) is 30.1 Å². The van der Waals surface area contributed by atoms with Crippen LogP contribution < -0.4 is 11.1 Å². The first-order valence-electron chi connectivity index (χ1n) is 5.32. The van der Waals surface area contributed by atoms with Gasteiger partial charge in [-0.1, -0.05) is 25.5 Å². The Morgan fingerprint density at radius 1 is 1.50 bits per heavy atom. The Bertz CT molecular complexity index is 381. The van der Waals surface area contributed by atoms with Crippen LogP contribution in [-0.2, 0) is 4.79 Å². The maximum absolute atomic E-state index is 13.4. The van der Waals surface area contributed by atoms with Crippen LogP contribution in [0.3, 0.4) is 0 Å². The maximum atomic E-state index is 13.4. The molecule has 0 saturated carbocycles. The molecule has 0 aromatic heterocycles. The van der Waals surface area contributed by atoms with E-state index >= 15 is 0 Å². The molecule has 0 aliphatic heterocycles. The van der Waals surface area contributed by atoms with Crippen LogP contribution in [0.4, 0.5) is 10.1 Å². The number of anilines is 1. The van der Waals surface area contributed by atoms with E-state index in [0.717, 1.165) is 6.42 Å². The lowest BCUT2D eigenvalue weighted by molar-refractivity contribution is -0.122. The van der Waals surface area contributed by atoms with Crippen molar-refractivity contribution in [1.29, 1.82) is 0 Å². The number of primary amides is 1. The summed E-state index contributed by atoms with van der Waals surface area (Å²) in [6, 6.07) is 6.24. The number of halogens is 1. The number of para-hydroxylation sites is 1. The first-order chi connectivity index (χ1) is 7.49. The summed E-state index contributed by atoms with van der Waals surface area (Å²) < 4.78 is 13.4. The molecule has 0 bridgehead atoms. The molecule has 88 valence electrons. The summed E-state index contributed by atoms with van der Waals surface area (Å²) in [5.74, 6) is -0.858. The Kier molecular flexibility index (Phi) is 3.88. The molecule has 0 fully saturated rings.